The lowest BCUT2D eigenvalue weighted by atomic mass is 10.00. The van der Waals surface area contributed by atoms with Gasteiger partial charge in [-0.2, -0.15) is 0 Å². The first-order chi connectivity index (χ1) is 35.3. The van der Waals surface area contributed by atoms with E-state index in [-0.39, 0.29) is 49.5 Å². The quantitative estimate of drug-likeness (QED) is 0.0434. The van der Waals surface area contributed by atoms with Gasteiger partial charge >= 0.3 is 0 Å². The predicted molar refractivity (Wildman–Crippen MR) is 280 cm³/mol. The van der Waals surface area contributed by atoms with Crippen molar-refractivity contribution in [1.29, 1.82) is 0 Å². The summed E-state index contributed by atoms with van der Waals surface area (Å²) in [6.45, 7) is 2.69. The number of amides is 8. The fourth-order valence-corrected chi connectivity index (χ4v) is 10.5. The summed E-state index contributed by atoms with van der Waals surface area (Å²) in [4.78, 5) is 117. The van der Waals surface area contributed by atoms with Crippen LogP contribution in [0, 0.1) is 0 Å². The number of unbranched alkanes of at least 4 members (excludes halogenated alkanes) is 1. The summed E-state index contributed by atoms with van der Waals surface area (Å²) < 4.78 is 0. The van der Waals surface area contributed by atoms with Gasteiger partial charge in [0.2, 0.25) is 47.3 Å². The molecular formula is C50H67N11O11S2. The van der Waals surface area contributed by atoms with Gasteiger partial charge in [-0.25, -0.2) is 0 Å². The molecule has 1 aliphatic rings. The summed E-state index contributed by atoms with van der Waals surface area (Å²) in [6.07, 6.45) is -0.696. The highest BCUT2D eigenvalue weighted by molar-refractivity contribution is 8.76. The molecule has 400 valence electrons. The highest BCUT2D eigenvalue weighted by Gasteiger charge is 2.39. The summed E-state index contributed by atoms with van der Waals surface area (Å²) in [5, 5.41) is 47.5. The molecule has 1 aromatic heterocycles. The van der Waals surface area contributed by atoms with Crippen LogP contribution in [0.3, 0.4) is 0 Å². The van der Waals surface area contributed by atoms with Crippen molar-refractivity contribution >= 4 is 79.7 Å². The van der Waals surface area contributed by atoms with Crippen LogP contribution in [0.2, 0.25) is 0 Å². The molecule has 0 spiro atoms. The van der Waals surface area contributed by atoms with E-state index >= 15 is 4.79 Å². The number of carbonyl (C=O) groups excluding carboxylic acids is 8. The van der Waals surface area contributed by atoms with Gasteiger partial charge in [0.25, 0.3) is 0 Å². The summed E-state index contributed by atoms with van der Waals surface area (Å²) in [5.41, 5.74) is 20.3. The second kappa shape index (κ2) is 28.1. The minimum absolute atomic E-state index is 0.00279. The molecule has 10 atom stereocenters. The van der Waals surface area contributed by atoms with E-state index in [2.05, 4.69) is 36.9 Å². The number of phenolic OH excluding ortho intramolecular Hbond substituents is 1. The van der Waals surface area contributed by atoms with Crippen molar-refractivity contribution in [3.05, 3.63) is 102 Å². The maximum Gasteiger partial charge on any atom is 0.245 e. The summed E-state index contributed by atoms with van der Waals surface area (Å²) in [6, 6.07) is 10.6. The molecule has 1 saturated heterocycles. The summed E-state index contributed by atoms with van der Waals surface area (Å²) in [5.74, 6) is -7.58. The smallest absolute Gasteiger partial charge is 0.245 e. The Labute approximate surface area is 436 Å². The third-order valence-corrected chi connectivity index (χ3v) is 14.8. The normalized spacial score (nSPS) is 22.5. The van der Waals surface area contributed by atoms with Crippen molar-refractivity contribution in [2.45, 2.75) is 113 Å². The summed E-state index contributed by atoms with van der Waals surface area (Å²) >= 11 is 0. The van der Waals surface area contributed by atoms with Crippen LogP contribution in [0.25, 0.3) is 10.9 Å². The average molecular weight is 1060 g/mol. The lowest BCUT2D eigenvalue weighted by Crippen LogP contribution is -2.63. The first-order valence-electron chi connectivity index (χ1n) is 24.1. The van der Waals surface area contributed by atoms with Crippen LogP contribution < -0.4 is 49.1 Å². The number of fused-ring (bicyclic) bond motifs is 1. The van der Waals surface area contributed by atoms with Gasteiger partial charge < -0.3 is 74.3 Å². The number of nitrogens with one attached hydrogen (secondary N) is 7. The zero-order chi connectivity index (χ0) is 54.1. The number of phenols is 1. The van der Waals surface area contributed by atoms with E-state index in [1.807, 2.05) is 24.3 Å². The monoisotopic (exact) mass is 1060 g/mol. The van der Waals surface area contributed by atoms with Gasteiger partial charge in [-0.1, -0.05) is 82.3 Å². The number of para-hydroxylation sites is 1. The molecule has 3 unspecified atom stereocenters. The van der Waals surface area contributed by atoms with E-state index in [0.29, 0.717) is 29.5 Å². The standard InChI is InChI=1S/C50H67N11O11S2/c1-27(62)41(43(53)65)59-47(69)39-26-74-73-25-38(57-44(66)34(52)21-30-16-18-32(64)19-17-30)46(68)55-36(22-29-11-5-4-6-12-29)45(67)56-37(23-31-24-54-35-14-8-7-13-33(31)35)50(72)61(3)40(15-9-10-20-51)48(70)60-42(28(2)63)49(71)58-39/h4-8,11-14,16-19,24,27-28,34,36-42,54,62-64H,9-10,15,20-23,25-26,51-52H2,1-3H3,(H2,53,65)(H,55,68)(H,56,67)(H,57,66)(H,58,71)(H,59,69)(H,60,70)/t27-,28-,34+,36?,37-,38+,39?,40+,41+,42?/m1/s1. The second-order valence-electron chi connectivity index (χ2n) is 18.1. The molecule has 3 aromatic carbocycles. The van der Waals surface area contributed by atoms with Crippen LogP contribution >= 0.6 is 21.6 Å². The third-order valence-electron chi connectivity index (χ3n) is 12.4. The molecule has 1 aliphatic heterocycles. The number of nitrogens with two attached hydrogens (primary N) is 3. The fourth-order valence-electron chi connectivity index (χ4n) is 8.16. The molecular weight excluding hydrogens is 995 g/mol. The minimum Gasteiger partial charge on any atom is -0.508 e. The Bertz CT molecular complexity index is 2570. The fraction of sp³-hybridized carbons (Fsp3) is 0.440. The molecule has 16 N–H and O–H groups in total. The number of aliphatic hydroxyl groups is 2. The Hall–Kier alpha value is -6.70. The molecule has 0 bridgehead atoms. The molecule has 0 aliphatic carbocycles. The van der Waals surface area contributed by atoms with E-state index in [1.54, 1.807) is 48.7 Å². The van der Waals surface area contributed by atoms with Crippen LogP contribution in [0.1, 0.15) is 49.8 Å². The zero-order valence-electron chi connectivity index (χ0n) is 41.3. The number of nitrogens with zero attached hydrogens (tertiary/aromatic N) is 1. The second-order valence-corrected chi connectivity index (χ2v) is 20.7. The molecule has 8 amide bonds. The number of aromatic nitrogens is 1. The van der Waals surface area contributed by atoms with E-state index in [9.17, 15) is 48.9 Å². The van der Waals surface area contributed by atoms with Crippen LogP contribution in [0.15, 0.2) is 85.1 Å². The van der Waals surface area contributed by atoms with Gasteiger partial charge in [-0.3, -0.25) is 38.4 Å². The number of H-pyrrole nitrogens is 1. The van der Waals surface area contributed by atoms with Crippen molar-refractivity contribution < 1.29 is 53.7 Å². The van der Waals surface area contributed by atoms with Crippen LogP contribution in [-0.4, -0.2) is 158 Å². The zero-order valence-corrected chi connectivity index (χ0v) is 43.0. The number of aromatic hydroxyl groups is 1. The Morgan fingerprint density at radius 3 is 2.11 bits per heavy atom. The predicted octanol–water partition coefficient (Wildman–Crippen LogP) is -1.26. The number of rotatable bonds is 17. The Balaban J connectivity index is 1.60. The molecule has 0 radical (unpaired) electrons. The van der Waals surface area contributed by atoms with Crippen LogP contribution in [0.5, 0.6) is 5.75 Å². The van der Waals surface area contributed by atoms with Crippen molar-refractivity contribution in [2.75, 3.05) is 25.1 Å². The van der Waals surface area contributed by atoms with E-state index in [0.717, 1.165) is 37.4 Å². The van der Waals surface area contributed by atoms with Crippen molar-refractivity contribution in [3.8, 4) is 5.75 Å². The number of carbonyl (C=O) groups is 8. The minimum atomic E-state index is -1.72. The van der Waals surface area contributed by atoms with Crippen molar-refractivity contribution in [3.63, 3.8) is 0 Å². The highest BCUT2D eigenvalue weighted by Crippen LogP contribution is 2.25. The molecule has 1 fully saturated rings. The van der Waals surface area contributed by atoms with Crippen LogP contribution in [-0.2, 0) is 57.6 Å². The van der Waals surface area contributed by atoms with Gasteiger partial charge in [-0.05, 0) is 81.0 Å². The average Bonchev–Trinajstić information content (AvgIpc) is 3.78. The number of hydrogen-bond acceptors (Lipinski definition) is 15. The van der Waals surface area contributed by atoms with Crippen molar-refractivity contribution in [2.24, 2.45) is 17.2 Å². The molecule has 74 heavy (non-hydrogen) atoms. The Morgan fingerprint density at radius 2 is 1.45 bits per heavy atom. The molecule has 5 rings (SSSR count). The molecule has 4 aromatic rings. The lowest BCUT2D eigenvalue weighted by Gasteiger charge is -2.33. The summed E-state index contributed by atoms with van der Waals surface area (Å²) in [7, 11) is 3.29. The van der Waals surface area contributed by atoms with Crippen LogP contribution in [0.4, 0.5) is 0 Å². The van der Waals surface area contributed by atoms with Gasteiger partial charge in [0, 0.05) is 48.5 Å². The number of aromatic amines is 1. The molecule has 0 saturated carbocycles. The first-order valence-corrected chi connectivity index (χ1v) is 26.6. The van der Waals surface area contributed by atoms with E-state index in [1.165, 1.54) is 33.0 Å². The number of likely N-dealkylation sites (N-methyl/N-ethyl adjacent to an activating group) is 1. The number of hydrogen-bond donors (Lipinski definition) is 13. The van der Waals surface area contributed by atoms with E-state index in [4.69, 9.17) is 17.2 Å². The van der Waals surface area contributed by atoms with Gasteiger partial charge in [0.15, 0.2) is 0 Å². The molecule has 22 nitrogen and oxygen atoms in total. The Morgan fingerprint density at radius 1 is 0.784 bits per heavy atom. The lowest BCUT2D eigenvalue weighted by molar-refractivity contribution is -0.144. The molecule has 24 heteroatoms. The van der Waals surface area contributed by atoms with Gasteiger partial charge in [-0.15, -0.1) is 0 Å². The first kappa shape index (κ1) is 58.2. The van der Waals surface area contributed by atoms with E-state index < -0.39 is 108 Å². The van der Waals surface area contributed by atoms with Crippen molar-refractivity contribution in [1.82, 2.24) is 41.8 Å². The third kappa shape index (κ3) is 16.7. The van der Waals surface area contributed by atoms with Gasteiger partial charge in [0.05, 0.1) is 18.2 Å². The molecule has 2 heterocycles. The maximum absolute atomic E-state index is 15.0. The van der Waals surface area contributed by atoms with Gasteiger partial charge in [0.1, 0.15) is 48.0 Å². The largest absolute Gasteiger partial charge is 0.508 e. The Kier molecular flexibility index (Phi) is 22.1. The maximum atomic E-state index is 15.0. The topological polar surface area (TPSA) is 367 Å². The SMILES string of the molecule is C[C@@H](O)C1NC(=O)[C@H](CCCCN)N(C)C(=O)[C@@H](Cc2c[nH]c3ccccc23)NC(=O)C(Cc2ccccc2)NC(=O)[C@@H](NC(=O)[C@@H](N)Cc2ccc(O)cc2)CSSCC(C(=O)N[C@H](C(N)=O)[C@@H](C)O)NC1=O. The number of benzene rings is 3. The number of primary amides is 1. The number of aliphatic hydroxyl groups excluding tert-OH is 2. The highest BCUT2D eigenvalue weighted by atomic mass is 33.1.